The Hall–Kier alpha value is -0.350. The van der Waals surface area contributed by atoms with Gasteiger partial charge in [0.15, 0.2) is 0 Å². The lowest BCUT2D eigenvalue weighted by molar-refractivity contribution is -0.218. The highest BCUT2D eigenvalue weighted by molar-refractivity contribution is 14.1. The predicted molar refractivity (Wildman–Crippen MR) is 95.5 cm³/mol. The van der Waals surface area contributed by atoms with Crippen molar-refractivity contribution in [3.63, 3.8) is 0 Å². The summed E-state index contributed by atoms with van der Waals surface area (Å²) in [4.78, 5) is 8.75. The first-order valence-corrected chi connectivity index (χ1v) is 10.2. The molecule has 4 nitrogen and oxygen atoms in total. The summed E-state index contributed by atoms with van der Waals surface area (Å²) in [5.41, 5.74) is 0.498. The standard InChI is InChI=1S/C17H22F3IN4/c18-17(19,20)11-23-3-5-24(6-4-23)15-8-16(9-15,10-15)25-7-13(21)22-14(25)12-1-2-12/h7,12H,1-6,8-11H2. The van der Waals surface area contributed by atoms with Crippen LogP contribution in [0.15, 0.2) is 6.20 Å². The minimum atomic E-state index is -4.08. The molecule has 0 radical (unpaired) electrons. The fourth-order valence-electron chi connectivity index (χ4n) is 5.28. The van der Waals surface area contributed by atoms with Crippen molar-refractivity contribution in [2.45, 2.75) is 55.3 Å². The molecule has 0 unspecified atom stereocenters. The lowest BCUT2D eigenvalue weighted by atomic mass is 9.43. The normalized spacial score (nSPS) is 36.2. The molecule has 4 saturated carbocycles. The Balaban J connectivity index is 1.22. The van der Waals surface area contributed by atoms with E-state index in [0.29, 0.717) is 19.0 Å². The Morgan fingerprint density at radius 1 is 1.08 bits per heavy atom. The second kappa shape index (κ2) is 5.34. The first-order valence-electron chi connectivity index (χ1n) is 9.08. The van der Waals surface area contributed by atoms with Gasteiger partial charge >= 0.3 is 6.18 Å². The third-order valence-electron chi connectivity index (χ3n) is 6.58. The van der Waals surface area contributed by atoms with Crippen LogP contribution >= 0.6 is 22.6 Å². The molecule has 8 heteroatoms. The first-order chi connectivity index (χ1) is 11.8. The van der Waals surface area contributed by atoms with Gasteiger partial charge in [-0.2, -0.15) is 13.2 Å². The van der Waals surface area contributed by atoms with Gasteiger partial charge in [0, 0.05) is 43.8 Å². The maximum atomic E-state index is 12.5. The van der Waals surface area contributed by atoms with Gasteiger partial charge in [-0.25, -0.2) is 4.98 Å². The molecule has 4 aliphatic carbocycles. The van der Waals surface area contributed by atoms with Crippen LogP contribution in [0.5, 0.6) is 0 Å². The number of aromatic nitrogens is 2. The summed E-state index contributed by atoms with van der Waals surface area (Å²) in [7, 11) is 0. The van der Waals surface area contributed by atoms with Gasteiger partial charge in [-0.15, -0.1) is 0 Å². The van der Waals surface area contributed by atoms with Gasteiger partial charge in [-0.1, -0.05) is 0 Å². The molecule has 2 heterocycles. The predicted octanol–water partition coefficient (Wildman–Crippen LogP) is 3.18. The van der Waals surface area contributed by atoms with E-state index in [1.165, 1.54) is 18.7 Å². The minimum absolute atomic E-state index is 0.247. The van der Waals surface area contributed by atoms with Crippen molar-refractivity contribution < 1.29 is 13.2 Å². The number of imidazole rings is 1. The molecular weight excluding hydrogens is 444 g/mol. The summed E-state index contributed by atoms with van der Waals surface area (Å²) in [6.07, 6.45) is 4.08. The maximum absolute atomic E-state index is 12.5. The van der Waals surface area contributed by atoms with Crippen LogP contribution < -0.4 is 0 Å². The third-order valence-corrected chi connectivity index (χ3v) is 7.10. The van der Waals surface area contributed by atoms with Gasteiger partial charge in [0.25, 0.3) is 0 Å². The van der Waals surface area contributed by atoms with Gasteiger partial charge in [0.1, 0.15) is 9.53 Å². The molecule has 0 atom stereocenters. The van der Waals surface area contributed by atoms with Crippen molar-refractivity contribution in [2.24, 2.45) is 0 Å². The van der Waals surface area contributed by atoms with E-state index >= 15 is 0 Å². The maximum Gasteiger partial charge on any atom is 0.401 e. The minimum Gasteiger partial charge on any atom is -0.327 e. The highest BCUT2D eigenvalue weighted by Crippen LogP contribution is 2.68. The molecule has 0 spiro atoms. The van der Waals surface area contributed by atoms with E-state index in [2.05, 4.69) is 38.3 Å². The van der Waals surface area contributed by atoms with E-state index in [1.807, 2.05) is 0 Å². The summed E-state index contributed by atoms with van der Waals surface area (Å²) in [6.45, 7) is 1.83. The van der Waals surface area contributed by atoms with Crippen molar-refractivity contribution in [1.82, 2.24) is 19.4 Å². The zero-order chi connectivity index (χ0) is 17.4. The second-order valence-electron chi connectivity index (χ2n) is 8.42. The molecular formula is C17H22F3IN4. The first kappa shape index (κ1) is 16.8. The lowest BCUT2D eigenvalue weighted by Crippen LogP contribution is -2.80. The molecule has 5 aliphatic rings. The number of rotatable bonds is 4. The van der Waals surface area contributed by atoms with Crippen molar-refractivity contribution in [3.8, 4) is 0 Å². The van der Waals surface area contributed by atoms with Crippen molar-refractivity contribution in [3.05, 3.63) is 15.7 Å². The molecule has 0 N–H and O–H groups in total. The SMILES string of the molecule is FC(F)(F)CN1CCN(C23CC(n4cc(I)nc4C4CC4)(C2)C3)CC1. The smallest absolute Gasteiger partial charge is 0.327 e. The highest BCUT2D eigenvalue weighted by atomic mass is 127. The fourth-order valence-corrected chi connectivity index (χ4v) is 5.81. The molecule has 0 amide bonds. The lowest BCUT2D eigenvalue weighted by Gasteiger charge is -2.75. The number of nitrogens with zero attached hydrogens (tertiary/aromatic N) is 4. The molecule has 0 aromatic carbocycles. The molecule has 25 heavy (non-hydrogen) atoms. The van der Waals surface area contributed by atoms with Crippen LogP contribution in [0.2, 0.25) is 0 Å². The number of halogens is 4. The average Bonchev–Trinajstić information content (AvgIpc) is 3.20. The number of piperazine rings is 1. The summed E-state index contributed by atoms with van der Waals surface area (Å²) in [5, 5.41) is 0. The molecule has 138 valence electrons. The summed E-state index contributed by atoms with van der Waals surface area (Å²) in [6, 6.07) is 0. The molecule has 1 aromatic heterocycles. The summed E-state index contributed by atoms with van der Waals surface area (Å²) < 4.78 is 41.2. The summed E-state index contributed by atoms with van der Waals surface area (Å²) in [5.74, 6) is 1.92. The van der Waals surface area contributed by atoms with E-state index in [-0.39, 0.29) is 11.1 Å². The Morgan fingerprint density at radius 3 is 2.28 bits per heavy atom. The second-order valence-corrected chi connectivity index (χ2v) is 9.53. The van der Waals surface area contributed by atoms with Crippen LogP contribution in [0.1, 0.15) is 43.8 Å². The largest absolute Gasteiger partial charge is 0.401 e. The van der Waals surface area contributed by atoms with Gasteiger partial charge in [-0.3, -0.25) is 9.80 Å². The number of hydrogen-bond donors (Lipinski definition) is 0. The van der Waals surface area contributed by atoms with Crippen molar-refractivity contribution in [2.75, 3.05) is 32.7 Å². The van der Waals surface area contributed by atoms with Gasteiger partial charge in [-0.05, 0) is 54.7 Å². The van der Waals surface area contributed by atoms with E-state index < -0.39 is 12.7 Å². The van der Waals surface area contributed by atoms with Crippen LogP contribution in [0.25, 0.3) is 0 Å². The van der Waals surface area contributed by atoms with Gasteiger partial charge in [0.2, 0.25) is 0 Å². The van der Waals surface area contributed by atoms with Gasteiger partial charge in [0.05, 0.1) is 12.1 Å². The molecule has 1 saturated heterocycles. The van der Waals surface area contributed by atoms with Gasteiger partial charge < -0.3 is 4.57 Å². The van der Waals surface area contributed by atoms with E-state index in [4.69, 9.17) is 4.98 Å². The van der Waals surface area contributed by atoms with E-state index in [9.17, 15) is 13.2 Å². The third kappa shape index (κ3) is 2.74. The number of alkyl halides is 3. The van der Waals surface area contributed by atoms with E-state index in [0.717, 1.165) is 36.1 Å². The zero-order valence-electron chi connectivity index (χ0n) is 14.0. The zero-order valence-corrected chi connectivity index (χ0v) is 16.2. The fraction of sp³-hybridized carbons (Fsp3) is 0.824. The monoisotopic (exact) mass is 466 g/mol. The van der Waals surface area contributed by atoms with Crippen LogP contribution in [-0.2, 0) is 5.54 Å². The molecule has 5 fully saturated rings. The Morgan fingerprint density at radius 2 is 1.72 bits per heavy atom. The van der Waals surface area contributed by atoms with Crippen LogP contribution in [0, 0.1) is 3.70 Å². The quantitative estimate of drug-likeness (QED) is 0.638. The molecule has 2 bridgehead atoms. The average molecular weight is 466 g/mol. The number of hydrogen-bond acceptors (Lipinski definition) is 3. The Bertz CT molecular complexity index is 669. The molecule has 1 aliphatic heterocycles. The Labute approximate surface area is 158 Å². The van der Waals surface area contributed by atoms with Crippen molar-refractivity contribution in [1.29, 1.82) is 0 Å². The van der Waals surface area contributed by atoms with Crippen LogP contribution in [0.3, 0.4) is 0 Å². The topological polar surface area (TPSA) is 24.3 Å². The van der Waals surface area contributed by atoms with Crippen LogP contribution in [-0.4, -0.2) is 63.8 Å². The van der Waals surface area contributed by atoms with E-state index in [1.54, 1.807) is 4.90 Å². The summed E-state index contributed by atoms with van der Waals surface area (Å²) >= 11 is 2.30. The Kier molecular flexibility index (Phi) is 3.59. The van der Waals surface area contributed by atoms with Crippen LogP contribution in [0.4, 0.5) is 13.2 Å². The van der Waals surface area contributed by atoms with Crippen molar-refractivity contribution >= 4 is 22.6 Å². The molecule has 1 aromatic rings. The molecule has 6 rings (SSSR count). The highest BCUT2D eigenvalue weighted by Gasteiger charge is 2.71.